The third-order valence-electron chi connectivity index (χ3n) is 0.548. The molecule has 0 aliphatic rings. The lowest BCUT2D eigenvalue weighted by molar-refractivity contribution is 0.199. The number of rotatable bonds is 6. The maximum atomic E-state index is 11.3. The smallest absolute Gasteiger partial charge is 0.248 e. The largest absolute Gasteiger partial charge is 0.697 e. The van der Waals surface area contributed by atoms with E-state index in [1.807, 2.05) is 0 Å². The molecule has 0 amide bonds. The Morgan fingerprint density at radius 3 is 1.80 bits per heavy atom. The molecule has 0 fully saturated rings. The molecule has 0 aliphatic carbocycles. The number of hydrogen-bond donors (Lipinski definition) is 0. The summed E-state index contributed by atoms with van der Waals surface area (Å²) >= 11 is 0. The molecule has 0 N–H and O–H groups in total. The summed E-state index contributed by atoms with van der Waals surface area (Å²) in [6, 6.07) is 0. The summed E-state index contributed by atoms with van der Waals surface area (Å²) in [5, 5.41) is 0. The second-order valence-electron chi connectivity index (χ2n) is 1.27. The van der Waals surface area contributed by atoms with Crippen molar-refractivity contribution in [1.82, 2.24) is 0 Å². The summed E-state index contributed by atoms with van der Waals surface area (Å²) in [5.74, 6) is 0. The highest BCUT2D eigenvalue weighted by atomic mass is 31.1. The van der Waals surface area contributed by atoms with Crippen molar-refractivity contribution in [2.75, 3.05) is 26.6 Å². The summed E-state index contributed by atoms with van der Waals surface area (Å²) in [6.45, 7) is -2.00. The second kappa shape index (κ2) is 6.99. The van der Waals surface area contributed by atoms with Gasteiger partial charge in [0.25, 0.3) is 0 Å². The lowest BCUT2D eigenvalue weighted by Crippen LogP contribution is -1.92. The molecule has 0 saturated carbocycles. The highest BCUT2D eigenvalue weighted by Crippen LogP contribution is 2.22. The Balaban J connectivity index is 3.09. The molecular weight excluding hydrogens is 165 g/mol. The lowest BCUT2D eigenvalue weighted by Gasteiger charge is -1.83. The first kappa shape index (κ1) is 9.88. The molecule has 3 nitrogen and oxygen atoms in total. The van der Waals surface area contributed by atoms with E-state index >= 15 is 0 Å². The molecule has 0 unspecified atom stereocenters. The van der Waals surface area contributed by atoms with Crippen molar-refractivity contribution in [2.24, 2.45) is 0 Å². The molecule has 0 saturated heterocycles. The van der Waals surface area contributed by atoms with Crippen molar-refractivity contribution in [1.29, 1.82) is 0 Å². The standard InChI is InChI=1S/C4H8F2O3P/c5-1-3-8-10(7)9-4-2-6/h1-4H2/q+1. The molecule has 0 atom stereocenters. The Bertz CT molecular complexity index is 90.5. The Morgan fingerprint density at radius 1 is 1.10 bits per heavy atom. The van der Waals surface area contributed by atoms with Crippen LogP contribution in [0.15, 0.2) is 0 Å². The fourth-order valence-corrected chi connectivity index (χ4v) is 0.766. The normalized spacial score (nSPS) is 9.80. The van der Waals surface area contributed by atoms with Gasteiger partial charge in [-0.3, -0.25) is 0 Å². The highest BCUT2D eigenvalue weighted by molar-refractivity contribution is 7.33. The molecule has 6 heteroatoms. The summed E-state index contributed by atoms with van der Waals surface area (Å²) < 4.78 is 41.4. The van der Waals surface area contributed by atoms with Crippen LogP contribution < -0.4 is 0 Å². The van der Waals surface area contributed by atoms with Crippen LogP contribution in [-0.2, 0) is 13.6 Å². The molecule has 0 bridgehead atoms. The minimum absolute atomic E-state index is 0.276. The van der Waals surface area contributed by atoms with E-state index in [-0.39, 0.29) is 13.2 Å². The molecule has 0 aromatic heterocycles. The number of hydrogen-bond acceptors (Lipinski definition) is 3. The van der Waals surface area contributed by atoms with Crippen molar-refractivity contribution in [3.63, 3.8) is 0 Å². The molecule has 0 radical (unpaired) electrons. The van der Waals surface area contributed by atoms with Gasteiger partial charge in [-0.25, -0.2) is 8.78 Å². The van der Waals surface area contributed by atoms with E-state index in [0.29, 0.717) is 0 Å². The van der Waals surface area contributed by atoms with Gasteiger partial charge in [0, 0.05) is 4.57 Å². The predicted molar refractivity (Wildman–Crippen MR) is 31.5 cm³/mol. The molecule has 10 heavy (non-hydrogen) atoms. The SMILES string of the molecule is O=[P+](OCCF)OCCF. The Hall–Kier alpha value is -0.120. The molecule has 0 aromatic rings. The minimum atomic E-state index is -2.32. The van der Waals surface area contributed by atoms with E-state index in [9.17, 15) is 13.3 Å². The number of halogens is 2. The van der Waals surface area contributed by atoms with Gasteiger partial charge in [0.2, 0.25) is 0 Å². The summed E-state index contributed by atoms with van der Waals surface area (Å²) in [4.78, 5) is 0. The van der Waals surface area contributed by atoms with Crippen molar-refractivity contribution in [2.45, 2.75) is 0 Å². The van der Waals surface area contributed by atoms with Crippen molar-refractivity contribution < 1.29 is 22.4 Å². The monoisotopic (exact) mass is 173 g/mol. The van der Waals surface area contributed by atoms with Gasteiger partial charge in [-0.1, -0.05) is 0 Å². The Kier molecular flexibility index (Phi) is 6.91. The van der Waals surface area contributed by atoms with Crippen LogP contribution in [0.5, 0.6) is 0 Å². The van der Waals surface area contributed by atoms with E-state index < -0.39 is 21.6 Å². The molecule has 0 spiro atoms. The summed E-state index contributed by atoms with van der Waals surface area (Å²) in [5.41, 5.74) is 0. The fourth-order valence-electron chi connectivity index (χ4n) is 0.255. The van der Waals surface area contributed by atoms with Crippen LogP contribution >= 0.6 is 8.25 Å². The fraction of sp³-hybridized carbons (Fsp3) is 1.00. The van der Waals surface area contributed by atoms with Gasteiger partial charge < -0.3 is 0 Å². The van der Waals surface area contributed by atoms with Crippen molar-refractivity contribution in [3.8, 4) is 0 Å². The highest BCUT2D eigenvalue weighted by Gasteiger charge is 2.18. The van der Waals surface area contributed by atoms with Gasteiger partial charge in [0.15, 0.2) is 0 Å². The third-order valence-corrected chi connectivity index (χ3v) is 1.33. The van der Waals surface area contributed by atoms with E-state index in [4.69, 9.17) is 0 Å². The van der Waals surface area contributed by atoms with Crippen LogP contribution in [0.1, 0.15) is 0 Å². The van der Waals surface area contributed by atoms with Crippen LogP contribution in [0.25, 0.3) is 0 Å². The van der Waals surface area contributed by atoms with Crippen LogP contribution in [0, 0.1) is 0 Å². The minimum Gasteiger partial charge on any atom is -0.248 e. The molecule has 0 aromatic carbocycles. The number of alkyl halides is 2. The molecule has 0 heterocycles. The van der Waals surface area contributed by atoms with Crippen LogP contribution in [0.2, 0.25) is 0 Å². The maximum absolute atomic E-state index is 11.3. The maximum Gasteiger partial charge on any atom is 0.697 e. The van der Waals surface area contributed by atoms with Crippen LogP contribution in [-0.4, -0.2) is 26.6 Å². The molecule has 60 valence electrons. The summed E-state index contributed by atoms with van der Waals surface area (Å²) in [7, 11) is -2.32. The van der Waals surface area contributed by atoms with E-state index in [1.165, 1.54) is 0 Å². The van der Waals surface area contributed by atoms with Gasteiger partial charge in [-0.15, -0.1) is 9.05 Å². The zero-order valence-electron chi connectivity index (χ0n) is 5.26. The van der Waals surface area contributed by atoms with Gasteiger partial charge in [-0.05, 0) is 0 Å². The van der Waals surface area contributed by atoms with E-state index in [1.54, 1.807) is 0 Å². The van der Waals surface area contributed by atoms with Crippen LogP contribution in [0.4, 0.5) is 8.78 Å². The van der Waals surface area contributed by atoms with Gasteiger partial charge >= 0.3 is 8.25 Å². The van der Waals surface area contributed by atoms with Gasteiger partial charge in [0.05, 0.1) is 0 Å². The van der Waals surface area contributed by atoms with Crippen molar-refractivity contribution >= 4 is 8.25 Å². The van der Waals surface area contributed by atoms with Crippen LogP contribution in [0.3, 0.4) is 0 Å². The average molecular weight is 173 g/mol. The van der Waals surface area contributed by atoms with E-state index in [0.717, 1.165) is 0 Å². The topological polar surface area (TPSA) is 35.5 Å². The Morgan fingerprint density at radius 2 is 1.50 bits per heavy atom. The lowest BCUT2D eigenvalue weighted by atomic mass is 10.9. The first-order valence-corrected chi connectivity index (χ1v) is 3.76. The second-order valence-corrected chi connectivity index (χ2v) is 2.23. The third kappa shape index (κ3) is 6.01. The zero-order valence-corrected chi connectivity index (χ0v) is 6.15. The quantitative estimate of drug-likeness (QED) is 0.572. The first-order chi connectivity index (χ1) is 4.81. The van der Waals surface area contributed by atoms with E-state index in [2.05, 4.69) is 9.05 Å². The van der Waals surface area contributed by atoms with Gasteiger partial charge in [0.1, 0.15) is 26.6 Å². The van der Waals surface area contributed by atoms with Crippen molar-refractivity contribution in [3.05, 3.63) is 0 Å². The molecule has 0 aliphatic heterocycles. The first-order valence-electron chi connectivity index (χ1n) is 2.66. The van der Waals surface area contributed by atoms with Gasteiger partial charge in [-0.2, -0.15) is 0 Å². The zero-order chi connectivity index (χ0) is 7.82. The predicted octanol–water partition coefficient (Wildman–Crippen LogP) is 1.62. The average Bonchev–Trinajstić information content (AvgIpc) is 1.97. The Labute approximate surface area is 58.3 Å². The summed E-state index contributed by atoms with van der Waals surface area (Å²) in [6.07, 6.45) is 0. The molecule has 0 rings (SSSR count). The molecular formula is C4H8F2O3P+.